The van der Waals surface area contributed by atoms with Crippen LogP contribution in [0.25, 0.3) is 10.2 Å². The molecular weight excluding hydrogens is 348 g/mol. The van der Waals surface area contributed by atoms with Gasteiger partial charge in [0.25, 0.3) is 5.91 Å². The maximum absolute atomic E-state index is 13.1. The summed E-state index contributed by atoms with van der Waals surface area (Å²) in [5.74, 6) is 1.71. The molecule has 1 aliphatic heterocycles. The second-order valence-corrected chi connectivity index (χ2v) is 7.60. The van der Waals surface area contributed by atoms with Gasteiger partial charge in [-0.1, -0.05) is 12.8 Å². The molecule has 1 aliphatic rings. The number of fused-ring (bicyclic) bond motifs is 1. The number of thiophene rings is 1. The molecule has 6 nitrogen and oxygen atoms in total. The van der Waals surface area contributed by atoms with E-state index in [1.54, 1.807) is 12.6 Å². The summed E-state index contributed by atoms with van der Waals surface area (Å²) in [4.78, 5) is 25.4. The predicted octanol–water partition coefficient (Wildman–Crippen LogP) is 4.22. The lowest BCUT2D eigenvalue weighted by molar-refractivity contribution is 0.0766. The monoisotopic (exact) mass is 370 g/mol. The summed E-state index contributed by atoms with van der Waals surface area (Å²) in [7, 11) is 0. The van der Waals surface area contributed by atoms with Gasteiger partial charge in [0.2, 0.25) is 0 Å². The summed E-state index contributed by atoms with van der Waals surface area (Å²) >= 11 is 1.46. The Hall–Kier alpha value is -2.41. The maximum Gasteiger partial charge on any atom is 0.264 e. The van der Waals surface area contributed by atoms with Crippen LogP contribution in [-0.4, -0.2) is 33.9 Å². The number of rotatable bonds is 4. The van der Waals surface area contributed by atoms with Crippen LogP contribution in [0.5, 0.6) is 0 Å². The lowest BCUT2D eigenvalue weighted by atomic mass is 10.2. The molecular formula is C19H22N4O2S. The van der Waals surface area contributed by atoms with Crippen LogP contribution in [0.2, 0.25) is 0 Å². The van der Waals surface area contributed by atoms with E-state index in [1.165, 1.54) is 24.2 Å². The van der Waals surface area contributed by atoms with Gasteiger partial charge in [0.1, 0.15) is 22.7 Å². The number of nitrogens with one attached hydrogen (secondary N) is 1. The third-order valence-corrected chi connectivity index (χ3v) is 6.01. The first-order valence-corrected chi connectivity index (χ1v) is 9.85. The SMILES string of the molecule is Cc1c(C(=O)N2CCCCCC2)sc2ncnc(NCc3ccco3)c12. The molecule has 1 fully saturated rings. The summed E-state index contributed by atoms with van der Waals surface area (Å²) in [6.45, 7) is 4.23. The highest BCUT2D eigenvalue weighted by Gasteiger charge is 2.24. The second-order valence-electron chi connectivity index (χ2n) is 6.60. The lowest BCUT2D eigenvalue weighted by Crippen LogP contribution is -2.31. The zero-order valence-corrected chi connectivity index (χ0v) is 15.6. The molecule has 3 aromatic heterocycles. The van der Waals surface area contributed by atoms with Crippen molar-refractivity contribution in [3.05, 3.63) is 40.9 Å². The summed E-state index contributed by atoms with van der Waals surface area (Å²) in [6.07, 6.45) is 7.79. The average molecular weight is 370 g/mol. The van der Waals surface area contributed by atoms with Gasteiger partial charge < -0.3 is 14.6 Å². The fourth-order valence-corrected chi connectivity index (χ4v) is 4.53. The van der Waals surface area contributed by atoms with Crippen LogP contribution in [-0.2, 0) is 6.54 Å². The Morgan fingerprint density at radius 3 is 2.81 bits per heavy atom. The van der Waals surface area contributed by atoms with E-state index in [0.717, 1.165) is 58.2 Å². The van der Waals surface area contributed by atoms with E-state index in [0.29, 0.717) is 6.54 Å². The number of aromatic nitrogens is 2. The Morgan fingerprint density at radius 2 is 2.08 bits per heavy atom. The molecule has 3 aromatic rings. The molecule has 0 saturated carbocycles. The second kappa shape index (κ2) is 7.45. The molecule has 1 N–H and O–H groups in total. The normalized spacial score (nSPS) is 15.2. The molecule has 1 saturated heterocycles. The van der Waals surface area contributed by atoms with E-state index >= 15 is 0 Å². The van der Waals surface area contributed by atoms with Crippen LogP contribution in [0.15, 0.2) is 29.1 Å². The van der Waals surface area contributed by atoms with Crippen molar-refractivity contribution in [1.82, 2.24) is 14.9 Å². The highest BCUT2D eigenvalue weighted by Crippen LogP contribution is 2.34. The maximum atomic E-state index is 13.1. The molecule has 0 spiro atoms. The largest absolute Gasteiger partial charge is 0.467 e. The van der Waals surface area contributed by atoms with Crippen molar-refractivity contribution >= 4 is 33.3 Å². The molecule has 0 aromatic carbocycles. The fraction of sp³-hybridized carbons (Fsp3) is 0.421. The standard InChI is InChI=1S/C19H22N4O2S/c1-13-15-17(20-11-14-7-6-10-25-14)21-12-22-18(15)26-16(13)19(24)23-8-4-2-3-5-9-23/h6-7,10,12H,2-5,8-9,11H2,1H3,(H,20,21,22). The highest BCUT2D eigenvalue weighted by molar-refractivity contribution is 7.20. The number of hydrogen-bond acceptors (Lipinski definition) is 6. The van der Waals surface area contributed by atoms with E-state index in [9.17, 15) is 4.79 Å². The smallest absolute Gasteiger partial charge is 0.264 e. The van der Waals surface area contributed by atoms with E-state index in [1.807, 2.05) is 24.0 Å². The van der Waals surface area contributed by atoms with E-state index < -0.39 is 0 Å². The van der Waals surface area contributed by atoms with Crippen molar-refractivity contribution in [2.75, 3.05) is 18.4 Å². The number of nitrogens with zero attached hydrogens (tertiary/aromatic N) is 3. The number of anilines is 1. The number of amides is 1. The molecule has 136 valence electrons. The zero-order valence-electron chi connectivity index (χ0n) is 14.8. The summed E-state index contributed by atoms with van der Waals surface area (Å²) in [6, 6.07) is 3.78. The van der Waals surface area contributed by atoms with Crippen molar-refractivity contribution in [3.8, 4) is 0 Å². The van der Waals surface area contributed by atoms with E-state index in [4.69, 9.17) is 4.42 Å². The first-order chi connectivity index (χ1) is 12.7. The van der Waals surface area contributed by atoms with Crippen LogP contribution < -0.4 is 5.32 Å². The third-order valence-electron chi connectivity index (χ3n) is 4.82. The molecule has 0 unspecified atom stereocenters. The number of likely N-dealkylation sites (tertiary alicyclic amines) is 1. The van der Waals surface area contributed by atoms with Gasteiger partial charge in [-0.3, -0.25) is 4.79 Å². The molecule has 0 atom stereocenters. The van der Waals surface area contributed by atoms with Crippen LogP contribution in [0.1, 0.15) is 46.7 Å². The number of carbonyl (C=O) groups excluding carboxylic acids is 1. The van der Waals surface area contributed by atoms with Crippen LogP contribution >= 0.6 is 11.3 Å². The molecule has 7 heteroatoms. The summed E-state index contributed by atoms with van der Waals surface area (Å²) in [5, 5.41) is 4.24. The van der Waals surface area contributed by atoms with Gasteiger partial charge in [-0.25, -0.2) is 9.97 Å². The first kappa shape index (κ1) is 17.0. The lowest BCUT2D eigenvalue weighted by Gasteiger charge is -2.19. The number of hydrogen-bond donors (Lipinski definition) is 1. The minimum Gasteiger partial charge on any atom is -0.467 e. The van der Waals surface area contributed by atoms with Crippen molar-refractivity contribution < 1.29 is 9.21 Å². The van der Waals surface area contributed by atoms with Gasteiger partial charge >= 0.3 is 0 Å². The quantitative estimate of drug-likeness (QED) is 0.744. The Labute approximate surface area is 156 Å². The number of aryl methyl sites for hydroxylation is 1. The molecule has 4 heterocycles. The van der Waals surface area contributed by atoms with E-state index in [2.05, 4.69) is 15.3 Å². The topological polar surface area (TPSA) is 71.3 Å². The number of furan rings is 1. The van der Waals surface area contributed by atoms with Crippen molar-refractivity contribution in [1.29, 1.82) is 0 Å². The highest BCUT2D eigenvalue weighted by atomic mass is 32.1. The third kappa shape index (κ3) is 3.31. The first-order valence-electron chi connectivity index (χ1n) is 9.03. The van der Waals surface area contributed by atoms with Crippen molar-refractivity contribution in [2.24, 2.45) is 0 Å². The average Bonchev–Trinajstić information content (AvgIpc) is 3.19. The minimum absolute atomic E-state index is 0.129. The zero-order chi connectivity index (χ0) is 17.9. The molecule has 0 radical (unpaired) electrons. The summed E-state index contributed by atoms with van der Waals surface area (Å²) < 4.78 is 5.37. The van der Waals surface area contributed by atoms with Gasteiger partial charge in [0.15, 0.2) is 0 Å². The Balaban J connectivity index is 1.63. The van der Waals surface area contributed by atoms with Gasteiger partial charge in [-0.2, -0.15) is 0 Å². The van der Waals surface area contributed by atoms with Crippen LogP contribution in [0.3, 0.4) is 0 Å². The molecule has 26 heavy (non-hydrogen) atoms. The Bertz CT molecular complexity index is 896. The fourth-order valence-electron chi connectivity index (χ4n) is 3.41. The van der Waals surface area contributed by atoms with Gasteiger partial charge in [0, 0.05) is 13.1 Å². The van der Waals surface area contributed by atoms with Crippen LogP contribution in [0, 0.1) is 6.92 Å². The van der Waals surface area contributed by atoms with Crippen molar-refractivity contribution in [3.63, 3.8) is 0 Å². The van der Waals surface area contributed by atoms with Crippen LogP contribution in [0.4, 0.5) is 5.82 Å². The Kier molecular flexibility index (Phi) is 4.88. The minimum atomic E-state index is 0.129. The molecule has 4 rings (SSSR count). The number of carbonyl (C=O) groups is 1. The van der Waals surface area contributed by atoms with Gasteiger partial charge in [-0.05, 0) is 37.5 Å². The van der Waals surface area contributed by atoms with Gasteiger partial charge in [-0.15, -0.1) is 11.3 Å². The van der Waals surface area contributed by atoms with Gasteiger partial charge in [0.05, 0.1) is 23.1 Å². The molecule has 0 bridgehead atoms. The van der Waals surface area contributed by atoms with E-state index in [-0.39, 0.29) is 5.91 Å². The molecule has 1 amide bonds. The van der Waals surface area contributed by atoms with Crippen molar-refractivity contribution in [2.45, 2.75) is 39.2 Å². The molecule has 0 aliphatic carbocycles. The predicted molar refractivity (Wildman–Crippen MR) is 103 cm³/mol. The Morgan fingerprint density at radius 1 is 1.27 bits per heavy atom. The summed E-state index contributed by atoms with van der Waals surface area (Å²) in [5.41, 5.74) is 0.960.